The summed E-state index contributed by atoms with van der Waals surface area (Å²) in [5, 5.41) is 0. The Kier molecular flexibility index (Phi) is 4.26. The molecule has 0 fully saturated rings. The Morgan fingerprint density at radius 3 is 2.00 bits per heavy atom. The number of benzene rings is 2. The summed E-state index contributed by atoms with van der Waals surface area (Å²) in [6.45, 7) is 7.66. The van der Waals surface area contributed by atoms with Gasteiger partial charge in [0.05, 0.1) is 0 Å². The van der Waals surface area contributed by atoms with Crippen molar-refractivity contribution < 1.29 is 0 Å². The maximum atomic E-state index is 6.11. The highest BCUT2D eigenvalue weighted by Gasteiger charge is 2.11. The molecule has 0 aliphatic heterocycles. The first-order valence-corrected chi connectivity index (χ1v) is 6.65. The van der Waals surface area contributed by atoms with E-state index in [-0.39, 0.29) is 0 Å². The van der Waals surface area contributed by atoms with Gasteiger partial charge in [-0.1, -0.05) is 30.4 Å². The summed E-state index contributed by atoms with van der Waals surface area (Å²) in [5.41, 5.74) is 18.1. The molecule has 0 aliphatic carbocycles. The number of hydrogen-bond donors (Lipinski definition) is 2. The number of allylic oxidation sites excluding steroid dienone is 2. The van der Waals surface area contributed by atoms with Crippen molar-refractivity contribution in [2.75, 3.05) is 11.5 Å². The summed E-state index contributed by atoms with van der Waals surface area (Å²) in [4.78, 5) is 0. The molecule has 0 saturated heterocycles. The third-order valence-electron chi connectivity index (χ3n) is 3.39. The average Bonchev–Trinajstić information content (AvgIpc) is 2.44. The van der Waals surface area contributed by atoms with Gasteiger partial charge >= 0.3 is 0 Å². The molecule has 0 saturated carbocycles. The van der Waals surface area contributed by atoms with Crippen molar-refractivity contribution in [2.24, 2.45) is 0 Å². The van der Waals surface area contributed by atoms with Crippen LogP contribution in [-0.4, -0.2) is 0 Å². The number of hydrogen-bond acceptors (Lipinski definition) is 2. The van der Waals surface area contributed by atoms with E-state index in [0.29, 0.717) is 0 Å². The lowest BCUT2D eigenvalue weighted by Crippen LogP contribution is -2.01. The van der Waals surface area contributed by atoms with E-state index < -0.39 is 0 Å². The summed E-state index contributed by atoms with van der Waals surface area (Å²) in [5.74, 6) is 0. The van der Waals surface area contributed by atoms with Gasteiger partial charge in [0, 0.05) is 11.4 Å². The van der Waals surface area contributed by atoms with E-state index in [1.54, 1.807) is 0 Å². The second-order valence-corrected chi connectivity index (χ2v) is 4.77. The van der Waals surface area contributed by atoms with Gasteiger partial charge in [-0.2, -0.15) is 0 Å². The summed E-state index contributed by atoms with van der Waals surface area (Å²) in [7, 11) is 0. The van der Waals surface area contributed by atoms with Gasteiger partial charge in [0.25, 0.3) is 0 Å². The Bertz CT molecular complexity index is 625. The number of anilines is 2. The summed E-state index contributed by atoms with van der Waals surface area (Å²) in [6, 6.07) is 11.9. The SMILES string of the molecule is C=CCc1c(N)ccc(-c2ccc(N)cc2)c1CC=C. The number of nitrogen functional groups attached to an aromatic ring is 2. The third-order valence-corrected chi connectivity index (χ3v) is 3.39. The molecule has 0 bridgehead atoms. The molecule has 2 rings (SSSR count). The van der Waals surface area contributed by atoms with Crippen molar-refractivity contribution in [3.05, 3.63) is 72.8 Å². The van der Waals surface area contributed by atoms with Gasteiger partial charge in [-0.15, -0.1) is 13.2 Å². The lowest BCUT2D eigenvalue weighted by Gasteiger charge is -2.15. The van der Waals surface area contributed by atoms with Crippen LogP contribution in [0, 0.1) is 0 Å². The standard InChI is InChI=1S/C18H20N2/c1-3-5-16-15(13-7-9-14(19)10-8-13)11-12-18(20)17(16)6-4-2/h3-4,7-12H,1-2,5-6,19-20H2. The van der Waals surface area contributed by atoms with Gasteiger partial charge in [-0.3, -0.25) is 0 Å². The molecule has 0 aliphatic rings. The normalized spacial score (nSPS) is 10.2. The summed E-state index contributed by atoms with van der Waals surface area (Å²) >= 11 is 0. The zero-order valence-electron chi connectivity index (χ0n) is 11.6. The first-order chi connectivity index (χ1) is 9.67. The molecule has 4 N–H and O–H groups in total. The van der Waals surface area contributed by atoms with Gasteiger partial charge in [0.2, 0.25) is 0 Å². The van der Waals surface area contributed by atoms with Crippen LogP contribution in [0.3, 0.4) is 0 Å². The highest BCUT2D eigenvalue weighted by molar-refractivity contribution is 5.74. The van der Waals surface area contributed by atoms with Crippen molar-refractivity contribution >= 4 is 11.4 Å². The van der Waals surface area contributed by atoms with E-state index in [4.69, 9.17) is 11.5 Å². The number of rotatable bonds is 5. The van der Waals surface area contributed by atoms with Crippen LogP contribution in [0.5, 0.6) is 0 Å². The highest BCUT2D eigenvalue weighted by atomic mass is 14.6. The van der Waals surface area contributed by atoms with Crippen LogP contribution in [0.2, 0.25) is 0 Å². The smallest absolute Gasteiger partial charge is 0.0353 e. The number of nitrogens with two attached hydrogens (primary N) is 2. The molecule has 0 heterocycles. The predicted molar refractivity (Wildman–Crippen MR) is 88.5 cm³/mol. The molecule has 0 radical (unpaired) electrons. The minimum absolute atomic E-state index is 0.762. The fourth-order valence-electron chi connectivity index (χ4n) is 2.41. The molecule has 0 spiro atoms. The molecule has 2 nitrogen and oxygen atoms in total. The molecule has 2 aromatic carbocycles. The van der Waals surface area contributed by atoms with E-state index >= 15 is 0 Å². The molecule has 2 aromatic rings. The van der Waals surface area contributed by atoms with Gasteiger partial charge in [-0.25, -0.2) is 0 Å². The molecule has 20 heavy (non-hydrogen) atoms. The van der Waals surface area contributed by atoms with Gasteiger partial charge in [-0.05, 0) is 53.3 Å². The predicted octanol–water partition coefficient (Wildman–Crippen LogP) is 3.98. The van der Waals surface area contributed by atoms with E-state index in [0.717, 1.165) is 35.3 Å². The van der Waals surface area contributed by atoms with Crippen LogP contribution in [0.15, 0.2) is 61.7 Å². The van der Waals surface area contributed by atoms with Crippen LogP contribution < -0.4 is 11.5 Å². The topological polar surface area (TPSA) is 52.0 Å². The average molecular weight is 264 g/mol. The Hall–Kier alpha value is -2.48. The van der Waals surface area contributed by atoms with Crippen molar-refractivity contribution in [3.8, 4) is 11.1 Å². The molecular weight excluding hydrogens is 244 g/mol. The van der Waals surface area contributed by atoms with Crippen molar-refractivity contribution in [1.29, 1.82) is 0 Å². The maximum absolute atomic E-state index is 6.11. The van der Waals surface area contributed by atoms with E-state index in [2.05, 4.69) is 19.2 Å². The Labute approximate surface area is 120 Å². The Morgan fingerprint density at radius 2 is 1.40 bits per heavy atom. The van der Waals surface area contributed by atoms with Crippen molar-refractivity contribution in [2.45, 2.75) is 12.8 Å². The lowest BCUT2D eigenvalue weighted by molar-refractivity contribution is 1.16. The van der Waals surface area contributed by atoms with Crippen molar-refractivity contribution in [3.63, 3.8) is 0 Å². The van der Waals surface area contributed by atoms with Crippen LogP contribution in [0.1, 0.15) is 11.1 Å². The zero-order valence-corrected chi connectivity index (χ0v) is 11.6. The Balaban J connectivity index is 2.62. The summed E-state index contributed by atoms with van der Waals surface area (Å²) < 4.78 is 0. The van der Waals surface area contributed by atoms with E-state index in [1.165, 1.54) is 11.1 Å². The largest absolute Gasteiger partial charge is 0.399 e. The zero-order chi connectivity index (χ0) is 14.5. The maximum Gasteiger partial charge on any atom is 0.0353 e. The fraction of sp³-hybridized carbons (Fsp3) is 0.111. The second-order valence-electron chi connectivity index (χ2n) is 4.77. The fourth-order valence-corrected chi connectivity index (χ4v) is 2.41. The minimum Gasteiger partial charge on any atom is -0.399 e. The summed E-state index contributed by atoms with van der Waals surface area (Å²) in [6.07, 6.45) is 5.33. The molecule has 102 valence electrons. The van der Waals surface area contributed by atoms with Crippen molar-refractivity contribution in [1.82, 2.24) is 0 Å². The molecule has 0 amide bonds. The van der Waals surface area contributed by atoms with Crippen LogP contribution in [0.25, 0.3) is 11.1 Å². The van der Waals surface area contributed by atoms with Gasteiger partial charge < -0.3 is 11.5 Å². The Morgan fingerprint density at radius 1 is 0.800 bits per heavy atom. The van der Waals surface area contributed by atoms with Crippen LogP contribution >= 0.6 is 0 Å². The van der Waals surface area contributed by atoms with E-state index in [1.807, 2.05) is 42.5 Å². The van der Waals surface area contributed by atoms with E-state index in [9.17, 15) is 0 Å². The highest BCUT2D eigenvalue weighted by Crippen LogP contribution is 2.31. The first-order valence-electron chi connectivity index (χ1n) is 6.65. The monoisotopic (exact) mass is 264 g/mol. The van der Waals surface area contributed by atoms with Gasteiger partial charge in [0.15, 0.2) is 0 Å². The van der Waals surface area contributed by atoms with Gasteiger partial charge in [0.1, 0.15) is 0 Å². The molecular formula is C18H20N2. The molecule has 0 atom stereocenters. The molecule has 2 heteroatoms. The van der Waals surface area contributed by atoms with Crippen LogP contribution in [0.4, 0.5) is 11.4 Å². The third kappa shape index (κ3) is 2.75. The quantitative estimate of drug-likeness (QED) is 0.634. The minimum atomic E-state index is 0.762. The second kappa shape index (κ2) is 6.11. The molecule has 0 aromatic heterocycles. The lowest BCUT2D eigenvalue weighted by atomic mass is 9.90. The molecule has 0 unspecified atom stereocenters. The van der Waals surface area contributed by atoms with Crippen LogP contribution in [-0.2, 0) is 12.8 Å². The first kappa shape index (κ1) is 13.9.